The SMILES string of the molecule is O=C(CSC1=N/C(=C/c2ccccc2)C(=O)N1c1ccccc1C(F)(F)F)c1ccccc1. The Morgan fingerprint density at radius 2 is 1.52 bits per heavy atom. The Labute approximate surface area is 192 Å². The fourth-order valence-corrected chi connectivity index (χ4v) is 4.16. The highest BCUT2D eigenvalue weighted by Crippen LogP contribution is 2.39. The quantitative estimate of drug-likeness (QED) is 0.339. The second-order valence-electron chi connectivity index (χ2n) is 7.07. The van der Waals surface area contributed by atoms with Gasteiger partial charge in [0.1, 0.15) is 5.70 Å². The van der Waals surface area contributed by atoms with Crippen molar-refractivity contribution in [3.05, 3.63) is 107 Å². The van der Waals surface area contributed by atoms with E-state index in [0.29, 0.717) is 11.1 Å². The first-order valence-corrected chi connectivity index (χ1v) is 10.9. The number of ketones is 1. The molecule has 1 aliphatic heterocycles. The molecule has 8 heteroatoms. The minimum atomic E-state index is -4.67. The summed E-state index contributed by atoms with van der Waals surface area (Å²) in [5, 5.41) is 0.0168. The number of hydrogen-bond acceptors (Lipinski definition) is 4. The fourth-order valence-electron chi connectivity index (χ4n) is 3.26. The molecule has 0 saturated heterocycles. The summed E-state index contributed by atoms with van der Waals surface area (Å²) in [6.45, 7) is 0. The maximum atomic E-state index is 13.7. The number of anilines is 1. The number of thioether (sulfide) groups is 1. The van der Waals surface area contributed by atoms with Crippen molar-refractivity contribution in [2.45, 2.75) is 6.18 Å². The Morgan fingerprint density at radius 3 is 2.18 bits per heavy atom. The molecule has 0 aliphatic carbocycles. The van der Waals surface area contributed by atoms with Crippen LogP contribution in [0.2, 0.25) is 0 Å². The first-order valence-electron chi connectivity index (χ1n) is 9.92. The number of carbonyl (C=O) groups excluding carboxylic acids is 2. The third-order valence-electron chi connectivity index (χ3n) is 4.81. The summed E-state index contributed by atoms with van der Waals surface area (Å²) in [7, 11) is 0. The van der Waals surface area contributed by atoms with E-state index in [2.05, 4.69) is 4.99 Å². The molecule has 1 aliphatic rings. The highest BCUT2D eigenvalue weighted by atomic mass is 32.2. The van der Waals surface area contributed by atoms with Crippen LogP contribution in [0.15, 0.2) is 95.6 Å². The van der Waals surface area contributed by atoms with Crippen LogP contribution in [0.1, 0.15) is 21.5 Å². The zero-order valence-electron chi connectivity index (χ0n) is 17.1. The van der Waals surface area contributed by atoms with Gasteiger partial charge in [-0.15, -0.1) is 0 Å². The number of hydrogen-bond donors (Lipinski definition) is 0. The molecule has 33 heavy (non-hydrogen) atoms. The van der Waals surface area contributed by atoms with Gasteiger partial charge in [0.05, 0.1) is 17.0 Å². The van der Waals surface area contributed by atoms with E-state index in [4.69, 9.17) is 0 Å². The molecule has 0 spiro atoms. The summed E-state index contributed by atoms with van der Waals surface area (Å²) >= 11 is 0.925. The minimum Gasteiger partial charge on any atom is -0.293 e. The molecule has 166 valence electrons. The number of alkyl halides is 3. The van der Waals surface area contributed by atoms with E-state index in [0.717, 1.165) is 22.7 Å². The summed E-state index contributed by atoms with van der Waals surface area (Å²) in [5.41, 5.74) is -0.141. The molecule has 0 fully saturated rings. The molecule has 1 heterocycles. The van der Waals surface area contributed by atoms with Crippen molar-refractivity contribution >= 4 is 40.4 Å². The normalized spacial score (nSPS) is 15.1. The van der Waals surface area contributed by atoms with Gasteiger partial charge in [0.15, 0.2) is 11.0 Å². The lowest BCUT2D eigenvalue weighted by molar-refractivity contribution is -0.137. The maximum Gasteiger partial charge on any atom is 0.418 e. The largest absolute Gasteiger partial charge is 0.418 e. The Kier molecular flexibility index (Phi) is 6.46. The van der Waals surface area contributed by atoms with Crippen molar-refractivity contribution in [1.29, 1.82) is 0 Å². The molecule has 3 aromatic carbocycles. The zero-order chi connectivity index (χ0) is 23.4. The fraction of sp³-hybridized carbons (Fsp3) is 0.0800. The van der Waals surface area contributed by atoms with Gasteiger partial charge in [0.25, 0.3) is 5.91 Å². The Hall–Kier alpha value is -3.65. The highest BCUT2D eigenvalue weighted by Gasteiger charge is 2.40. The van der Waals surface area contributed by atoms with Crippen LogP contribution in [-0.2, 0) is 11.0 Å². The van der Waals surface area contributed by atoms with E-state index in [1.165, 1.54) is 24.3 Å². The third kappa shape index (κ3) is 5.06. The van der Waals surface area contributed by atoms with Crippen LogP contribution >= 0.6 is 11.8 Å². The molecular formula is C25H17F3N2O2S. The van der Waals surface area contributed by atoms with Crippen molar-refractivity contribution in [3.63, 3.8) is 0 Å². The number of Topliss-reactive ketones (excluding diaryl/α,β-unsaturated/α-hetero) is 1. The lowest BCUT2D eigenvalue weighted by Crippen LogP contribution is -2.32. The summed E-state index contributed by atoms with van der Waals surface area (Å²) < 4.78 is 41.0. The van der Waals surface area contributed by atoms with E-state index in [9.17, 15) is 22.8 Å². The van der Waals surface area contributed by atoms with Crippen LogP contribution in [0.3, 0.4) is 0 Å². The Balaban J connectivity index is 1.71. The van der Waals surface area contributed by atoms with E-state index in [-0.39, 0.29) is 28.1 Å². The van der Waals surface area contributed by atoms with Crippen molar-refractivity contribution in [1.82, 2.24) is 0 Å². The van der Waals surface area contributed by atoms with E-state index in [1.807, 2.05) is 6.07 Å². The van der Waals surface area contributed by atoms with Gasteiger partial charge in [-0.3, -0.25) is 14.5 Å². The Morgan fingerprint density at radius 1 is 0.909 bits per heavy atom. The third-order valence-corrected chi connectivity index (χ3v) is 5.75. The molecule has 4 nitrogen and oxygen atoms in total. The minimum absolute atomic E-state index is 0.00663. The predicted molar refractivity (Wildman–Crippen MR) is 124 cm³/mol. The van der Waals surface area contributed by atoms with Crippen molar-refractivity contribution in [2.75, 3.05) is 10.7 Å². The van der Waals surface area contributed by atoms with E-state index >= 15 is 0 Å². The number of halogens is 3. The second kappa shape index (κ2) is 9.46. The molecule has 0 unspecified atom stereocenters. The average Bonchev–Trinajstić information content (AvgIpc) is 3.13. The first kappa shape index (κ1) is 22.5. The first-order chi connectivity index (χ1) is 15.8. The standard InChI is InChI=1S/C25H17F3N2O2S/c26-25(27,28)19-13-7-8-14-21(19)30-23(32)20(15-17-9-3-1-4-10-17)29-24(30)33-16-22(31)18-11-5-2-6-12-18/h1-15H,16H2/b20-15+. The number of aliphatic imine (C=N–C) groups is 1. The van der Waals surface area contributed by atoms with Gasteiger partial charge in [-0.25, -0.2) is 4.99 Å². The number of amidine groups is 1. The lowest BCUT2D eigenvalue weighted by Gasteiger charge is -2.22. The molecule has 0 bridgehead atoms. The molecule has 0 N–H and O–H groups in total. The number of carbonyl (C=O) groups is 2. The molecular weight excluding hydrogens is 449 g/mol. The smallest absolute Gasteiger partial charge is 0.293 e. The molecule has 0 aromatic heterocycles. The number of benzene rings is 3. The predicted octanol–water partition coefficient (Wildman–Crippen LogP) is 6.07. The van der Waals surface area contributed by atoms with Crippen LogP contribution in [0.5, 0.6) is 0 Å². The average molecular weight is 466 g/mol. The van der Waals surface area contributed by atoms with Gasteiger partial charge in [-0.2, -0.15) is 13.2 Å². The highest BCUT2D eigenvalue weighted by molar-refractivity contribution is 8.14. The maximum absolute atomic E-state index is 13.7. The molecule has 0 atom stereocenters. The number of para-hydroxylation sites is 1. The summed E-state index contributed by atoms with van der Waals surface area (Å²) in [6, 6.07) is 22.2. The zero-order valence-corrected chi connectivity index (χ0v) is 17.9. The van der Waals surface area contributed by atoms with Crippen LogP contribution < -0.4 is 4.90 Å². The van der Waals surface area contributed by atoms with Crippen molar-refractivity contribution in [3.8, 4) is 0 Å². The van der Waals surface area contributed by atoms with Gasteiger partial charge < -0.3 is 0 Å². The molecule has 1 amide bonds. The van der Waals surface area contributed by atoms with Gasteiger partial charge >= 0.3 is 6.18 Å². The van der Waals surface area contributed by atoms with Crippen LogP contribution in [0.4, 0.5) is 18.9 Å². The topological polar surface area (TPSA) is 49.7 Å². The van der Waals surface area contributed by atoms with E-state index < -0.39 is 17.6 Å². The molecule has 4 rings (SSSR count). The molecule has 0 radical (unpaired) electrons. The lowest BCUT2D eigenvalue weighted by atomic mass is 10.1. The summed E-state index contributed by atoms with van der Waals surface area (Å²) in [6.07, 6.45) is -3.16. The van der Waals surface area contributed by atoms with Crippen molar-refractivity contribution < 1.29 is 22.8 Å². The number of rotatable bonds is 5. The summed E-state index contributed by atoms with van der Waals surface area (Å²) in [5.74, 6) is -0.995. The monoisotopic (exact) mass is 466 g/mol. The molecule has 0 saturated carbocycles. The Bertz CT molecular complexity index is 1240. The summed E-state index contributed by atoms with van der Waals surface area (Å²) in [4.78, 5) is 31.0. The second-order valence-corrected chi connectivity index (χ2v) is 8.01. The molecule has 3 aromatic rings. The van der Waals surface area contributed by atoms with Crippen LogP contribution in [0.25, 0.3) is 6.08 Å². The van der Waals surface area contributed by atoms with Gasteiger partial charge in [-0.05, 0) is 23.8 Å². The van der Waals surface area contributed by atoms with Gasteiger partial charge in [-0.1, -0.05) is 84.6 Å². The van der Waals surface area contributed by atoms with Crippen LogP contribution in [-0.4, -0.2) is 22.6 Å². The van der Waals surface area contributed by atoms with Crippen LogP contribution in [0, 0.1) is 0 Å². The van der Waals surface area contributed by atoms with Gasteiger partial charge in [0.2, 0.25) is 0 Å². The van der Waals surface area contributed by atoms with Gasteiger partial charge in [0, 0.05) is 5.56 Å². The number of amides is 1. The van der Waals surface area contributed by atoms with E-state index in [1.54, 1.807) is 54.6 Å². The number of nitrogens with zero attached hydrogens (tertiary/aromatic N) is 2. The van der Waals surface area contributed by atoms with Crippen molar-refractivity contribution in [2.24, 2.45) is 4.99 Å².